The number of hydrogen-bond acceptors (Lipinski definition) is 2. The van der Waals surface area contributed by atoms with Gasteiger partial charge in [0.15, 0.2) is 0 Å². The zero-order chi connectivity index (χ0) is 9.56. The van der Waals surface area contributed by atoms with E-state index >= 15 is 0 Å². The van der Waals surface area contributed by atoms with E-state index in [1.165, 1.54) is 12.1 Å². The normalized spacial score (nSPS) is 12.3. The molecule has 0 saturated carbocycles. The van der Waals surface area contributed by atoms with Crippen LogP contribution in [0.4, 0.5) is 0 Å². The van der Waals surface area contributed by atoms with Gasteiger partial charge in [0, 0.05) is 19.8 Å². The van der Waals surface area contributed by atoms with Crippen molar-refractivity contribution >= 4 is 5.71 Å². The molecule has 0 amide bonds. The molecule has 72 valence electrons. The molecule has 0 aliphatic rings. The Kier molecular flexibility index (Phi) is 5.77. The lowest BCUT2D eigenvalue weighted by molar-refractivity contribution is 0.432. The van der Waals surface area contributed by atoms with Crippen molar-refractivity contribution in [1.82, 2.24) is 5.01 Å². The molecular weight excluding hydrogens is 148 g/mol. The van der Waals surface area contributed by atoms with Gasteiger partial charge in [0.2, 0.25) is 0 Å². The van der Waals surface area contributed by atoms with Gasteiger partial charge in [-0.15, -0.1) is 0 Å². The summed E-state index contributed by atoms with van der Waals surface area (Å²) < 4.78 is 0. The zero-order valence-corrected chi connectivity index (χ0v) is 9.09. The standard InChI is InChI=1S/C10H22N2/c1-6-7-10(8-9(2)3)11-12(4)5/h9H,6-8H2,1-5H3/b11-10+. The molecule has 0 aromatic heterocycles. The molecule has 0 atom stereocenters. The minimum Gasteiger partial charge on any atom is -0.303 e. The molecule has 0 aromatic carbocycles. The molecule has 0 bridgehead atoms. The second-order valence-corrected chi connectivity index (χ2v) is 3.86. The van der Waals surface area contributed by atoms with Crippen LogP contribution >= 0.6 is 0 Å². The summed E-state index contributed by atoms with van der Waals surface area (Å²) >= 11 is 0. The minimum atomic E-state index is 0.718. The average Bonchev–Trinajstić information content (AvgIpc) is 1.84. The molecule has 0 unspecified atom stereocenters. The predicted molar refractivity (Wildman–Crippen MR) is 55.5 cm³/mol. The van der Waals surface area contributed by atoms with Crippen LogP contribution in [0, 0.1) is 5.92 Å². The first-order valence-corrected chi connectivity index (χ1v) is 4.80. The molecule has 0 heterocycles. The van der Waals surface area contributed by atoms with Crippen LogP contribution in [0.2, 0.25) is 0 Å². The molecular formula is C10H22N2. The highest BCUT2D eigenvalue weighted by Gasteiger charge is 2.02. The van der Waals surface area contributed by atoms with Gasteiger partial charge < -0.3 is 5.01 Å². The summed E-state index contributed by atoms with van der Waals surface area (Å²) in [5.74, 6) is 0.718. The van der Waals surface area contributed by atoms with E-state index in [-0.39, 0.29) is 0 Å². The van der Waals surface area contributed by atoms with Gasteiger partial charge in [0.05, 0.1) is 0 Å². The fraction of sp³-hybridized carbons (Fsp3) is 0.900. The Morgan fingerprint density at radius 2 is 1.92 bits per heavy atom. The summed E-state index contributed by atoms with van der Waals surface area (Å²) in [5.41, 5.74) is 1.33. The highest BCUT2D eigenvalue weighted by molar-refractivity contribution is 5.84. The predicted octanol–water partition coefficient (Wildman–Crippen LogP) is 2.75. The van der Waals surface area contributed by atoms with E-state index in [1.807, 2.05) is 19.1 Å². The summed E-state index contributed by atoms with van der Waals surface area (Å²) in [6, 6.07) is 0. The Balaban J connectivity index is 4.03. The fourth-order valence-corrected chi connectivity index (χ4v) is 1.24. The number of hydrazone groups is 1. The highest BCUT2D eigenvalue weighted by Crippen LogP contribution is 2.06. The maximum Gasteiger partial charge on any atom is 0.0383 e. The zero-order valence-electron chi connectivity index (χ0n) is 9.09. The smallest absolute Gasteiger partial charge is 0.0383 e. The summed E-state index contributed by atoms with van der Waals surface area (Å²) in [4.78, 5) is 0. The third-order valence-corrected chi connectivity index (χ3v) is 1.52. The van der Waals surface area contributed by atoms with Gasteiger partial charge in [-0.25, -0.2) is 0 Å². The Bertz CT molecular complexity index is 137. The van der Waals surface area contributed by atoms with Gasteiger partial charge in [-0.1, -0.05) is 27.2 Å². The van der Waals surface area contributed by atoms with Crippen molar-refractivity contribution in [2.24, 2.45) is 11.0 Å². The second kappa shape index (κ2) is 6.04. The first-order chi connectivity index (χ1) is 5.56. The van der Waals surface area contributed by atoms with Crippen LogP contribution in [0.25, 0.3) is 0 Å². The molecule has 2 heteroatoms. The van der Waals surface area contributed by atoms with Gasteiger partial charge in [-0.2, -0.15) is 5.10 Å². The van der Waals surface area contributed by atoms with E-state index in [0.717, 1.165) is 18.8 Å². The van der Waals surface area contributed by atoms with Crippen LogP contribution in [0.5, 0.6) is 0 Å². The van der Waals surface area contributed by atoms with E-state index in [0.29, 0.717) is 0 Å². The monoisotopic (exact) mass is 170 g/mol. The second-order valence-electron chi connectivity index (χ2n) is 3.86. The van der Waals surface area contributed by atoms with Crippen LogP contribution in [0.3, 0.4) is 0 Å². The van der Waals surface area contributed by atoms with E-state index < -0.39 is 0 Å². The Labute approximate surface area is 76.6 Å². The molecule has 0 aromatic rings. The van der Waals surface area contributed by atoms with E-state index in [2.05, 4.69) is 25.9 Å². The fourth-order valence-electron chi connectivity index (χ4n) is 1.24. The van der Waals surface area contributed by atoms with Crippen molar-refractivity contribution in [3.8, 4) is 0 Å². The third-order valence-electron chi connectivity index (χ3n) is 1.52. The van der Waals surface area contributed by atoms with Crippen molar-refractivity contribution in [3.05, 3.63) is 0 Å². The van der Waals surface area contributed by atoms with Crippen molar-refractivity contribution < 1.29 is 0 Å². The number of rotatable bonds is 5. The first-order valence-electron chi connectivity index (χ1n) is 4.80. The van der Waals surface area contributed by atoms with Crippen LogP contribution in [-0.4, -0.2) is 24.8 Å². The van der Waals surface area contributed by atoms with E-state index in [1.54, 1.807) is 0 Å². The van der Waals surface area contributed by atoms with Crippen LogP contribution in [-0.2, 0) is 0 Å². The van der Waals surface area contributed by atoms with Crippen LogP contribution < -0.4 is 0 Å². The van der Waals surface area contributed by atoms with Crippen molar-refractivity contribution in [1.29, 1.82) is 0 Å². The van der Waals surface area contributed by atoms with Crippen molar-refractivity contribution in [2.45, 2.75) is 40.0 Å². The summed E-state index contributed by atoms with van der Waals surface area (Å²) in [5, 5.41) is 6.35. The topological polar surface area (TPSA) is 15.6 Å². The maximum absolute atomic E-state index is 4.46. The molecule has 2 nitrogen and oxygen atoms in total. The SMILES string of the molecule is CCC/C(CC(C)C)=N\N(C)C. The summed E-state index contributed by atoms with van der Waals surface area (Å²) in [6.07, 6.45) is 3.46. The van der Waals surface area contributed by atoms with Crippen LogP contribution in [0.1, 0.15) is 40.0 Å². The van der Waals surface area contributed by atoms with Gasteiger partial charge in [0.1, 0.15) is 0 Å². The molecule has 0 aliphatic heterocycles. The van der Waals surface area contributed by atoms with Crippen molar-refractivity contribution in [2.75, 3.05) is 14.1 Å². The minimum absolute atomic E-state index is 0.718. The largest absolute Gasteiger partial charge is 0.303 e. The van der Waals surface area contributed by atoms with E-state index in [9.17, 15) is 0 Å². The lowest BCUT2D eigenvalue weighted by Crippen LogP contribution is -2.10. The number of nitrogens with zero attached hydrogens (tertiary/aromatic N) is 2. The Morgan fingerprint density at radius 1 is 1.33 bits per heavy atom. The molecule has 0 N–H and O–H groups in total. The molecule has 0 saturated heterocycles. The molecule has 0 fully saturated rings. The molecule has 0 spiro atoms. The van der Waals surface area contributed by atoms with Gasteiger partial charge in [-0.3, -0.25) is 0 Å². The Hall–Kier alpha value is -0.530. The van der Waals surface area contributed by atoms with Crippen LogP contribution in [0.15, 0.2) is 5.10 Å². The molecule has 0 rings (SSSR count). The first kappa shape index (κ1) is 11.5. The summed E-state index contributed by atoms with van der Waals surface area (Å²) in [7, 11) is 3.96. The third kappa shape index (κ3) is 6.20. The lowest BCUT2D eigenvalue weighted by atomic mass is 10.0. The summed E-state index contributed by atoms with van der Waals surface area (Å²) in [6.45, 7) is 6.67. The molecule has 0 radical (unpaired) electrons. The average molecular weight is 170 g/mol. The molecule has 12 heavy (non-hydrogen) atoms. The quantitative estimate of drug-likeness (QED) is 0.457. The van der Waals surface area contributed by atoms with E-state index in [4.69, 9.17) is 0 Å². The number of hydrogen-bond donors (Lipinski definition) is 0. The maximum atomic E-state index is 4.46. The van der Waals surface area contributed by atoms with Gasteiger partial charge in [0.25, 0.3) is 0 Å². The van der Waals surface area contributed by atoms with Gasteiger partial charge >= 0.3 is 0 Å². The van der Waals surface area contributed by atoms with Gasteiger partial charge in [-0.05, 0) is 18.8 Å². The Morgan fingerprint density at radius 3 is 2.25 bits per heavy atom. The lowest BCUT2D eigenvalue weighted by Gasteiger charge is -2.11. The molecule has 0 aliphatic carbocycles. The van der Waals surface area contributed by atoms with Crippen molar-refractivity contribution in [3.63, 3.8) is 0 Å². The highest BCUT2D eigenvalue weighted by atomic mass is 15.4.